The van der Waals surface area contributed by atoms with Crippen molar-refractivity contribution in [2.24, 2.45) is 0 Å². The topological polar surface area (TPSA) is 62.7 Å². The van der Waals surface area contributed by atoms with Gasteiger partial charge in [0.2, 0.25) is 0 Å². The summed E-state index contributed by atoms with van der Waals surface area (Å²) in [7, 11) is 1.60. The van der Waals surface area contributed by atoms with Gasteiger partial charge in [0.25, 0.3) is 5.91 Å². The van der Waals surface area contributed by atoms with E-state index in [4.69, 9.17) is 4.74 Å². The van der Waals surface area contributed by atoms with Gasteiger partial charge in [0, 0.05) is 25.9 Å². The SMILES string of the molecule is COCCN(C(=O)c1ncccc1O)C1CC1. The molecule has 0 bridgehead atoms. The lowest BCUT2D eigenvalue weighted by Crippen LogP contribution is -2.36. The highest BCUT2D eigenvalue weighted by molar-refractivity contribution is 5.95. The minimum atomic E-state index is -0.220. The summed E-state index contributed by atoms with van der Waals surface area (Å²) in [6.07, 6.45) is 3.54. The molecule has 1 heterocycles. The highest BCUT2D eigenvalue weighted by Crippen LogP contribution is 2.29. The molecular formula is C12H16N2O3. The van der Waals surface area contributed by atoms with Gasteiger partial charge in [-0.05, 0) is 25.0 Å². The molecule has 0 atom stereocenters. The summed E-state index contributed by atoms with van der Waals surface area (Å²) in [4.78, 5) is 17.9. The van der Waals surface area contributed by atoms with Gasteiger partial charge in [0.05, 0.1) is 6.61 Å². The molecule has 0 aromatic carbocycles. The fourth-order valence-electron chi connectivity index (χ4n) is 1.72. The first-order valence-corrected chi connectivity index (χ1v) is 5.68. The molecule has 2 rings (SSSR count). The van der Waals surface area contributed by atoms with Gasteiger partial charge in [-0.25, -0.2) is 4.98 Å². The lowest BCUT2D eigenvalue weighted by atomic mass is 10.3. The van der Waals surface area contributed by atoms with Gasteiger partial charge in [0.1, 0.15) is 5.75 Å². The van der Waals surface area contributed by atoms with E-state index in [-0.39, 0.29) is 23.4 Å². The highest BCUT2D eigenvalue weighted by Gasteiger charge is 2.34. The summed E-state index contributed by atoms with van der Waals surface area (Å²) in [5.41, 5.74) is 0.121. The smallest absolute Gasteiger partial charge is 0.276 e. The Kier molecular flexibility index (Phi) is 3.58. The van der Waals surface area contributed by atoms with Gasteiger partial charge in [-0.2, -0.15) is 0 Å². The van der Waals surface area contributed by atoms with E-state index < -0.39 is 0 Å². The van der Waals surface area contributed by atoms with Gasteiger partial charge in [-0.1, -0.05) is 0 Å². The maximum absolute atomic E-state index is 12.2. The van der Waals surface area contributed by atoms with Crippen LogP contribution >= 0.6 is 0 Å². The van der Waals surface area contributed by atoms with Crippen LogP contribution < -0.4 is 0 Å². The fraction of sp³-hybridized carbons (Fsp3) is 0.500. The van der Waals surface area contributed by atoms with Gasteiger partial charge in [0.15, 0.2) is 5.69 Å². The Labute approximate surface area is 100 Å². The number of ether oxygens (including phenoxy) is 1. The minimum absolute atomic E-state index is 0.0689. The Morgan fingerprint density at radius 1 is 1.65 bits per heavy atom. The Bertz CT molecular complexity index is 404. The van der Waals surface area contributed by atoms with Crippen molar-refractivity contribution < 1.29 is 14.6 Å². The summed E-state index contributed by atoms with van der Waals surface area (Å²) in [6, 6.07) is 3.35. The predicted molar refractivity (Wildman–Crippen MR) is 61.8 cm³/mol. The van der Waals surface area contributed by atoms with Crippen LogP contribution in [0.2, 0.25) is 0 Å². The third-order valence-electron chi connectivity index (χ3n) is 2.77. The number of aromatic nitrogens is 1. The molecule has 1 aliphatic carbocycles. The van der Waals surface area contributed by atoms with Crippen LogP contribution in [0.5, 0.6) is 5.75 Å². The van der Waals surface area contributed by atoms with E-state index in [0.717, 1.165) is 12.8 Å². The van der Waals surface area contributed by atoms with Crippen LogP contribution in [0.3, 0.4) is 0 Å². The zero-order valence-corrected chi connectivity index (χ0v) is 9.80. The molecule has 0 radical (unpaired) electrons. The van der Waals surface area contributed by atoms with E-state index in [9.17, 15) is 9.90 Å². The van der Waals surface area contributed by atoms with Gasteiger partial charge < -0.3 is 14.7 Å². The van der Waals surface area contributed by atoms with Crippen molar-refractivity contribution in [2.45, 2.75) is 18.9 Å². The second-order valence-electron chi connectivity index (χ2n) is 4.09. The van der Waals surface area contributed by atoms with Crippen LogP contribution in [0.1, 0.15) is 23.3 Å². The van der Waals surface area contributed by atoms with Crippen LogP contribution in [-0.2, 0) is 4.74 Å². The summed E-state index contributed by atoms with van der Waals surface area (Å²) in [5.74, 6) is -0.289. The van der Waals surface area contributed by atoms with Crippen LogP contribution in [0.4, 0.5) is 0 Å². The second kappa shape index (κ2) is 5.14. The van der Waals surface area contributed by atoms with Crippen molar-refractivity contribution in [3.8, 4) is 5.75 Å². The molecule has 17 heavy (non-hydrogen) atoms. The molecule has 0 unspecified atom stereocenters. The van der Waals surface area contributed by atoms with Crippen molar-refractivity contribution in [1.82, 2.24) is 9.88 Å². The largest absolute Gasteiger partial charge is 0.505 e. The van der Waals surface area contributed by atoms with Crippen LogP contribution in [0.15, 0.2) is 18.3 Å². The third-order valence-corrected chi connectivity index (χ3v) is 2.77. The molecule has 1 aromatic heterocycles. The summed E-state index contributed by atoms with van der Waals surface area (Å²) >= 11 is 0. The zero-order valence-electron chi connectivity index (χ0n) is 9.80. The Balaban J connectivity index is 2.13. The van der Waals surface area contributed by atoms with Crippen molar-refractivity contribution in [3.05, 3.63) is 24.0 Å². The average Bonchev–Trinajstić information content (AvgIpc) is 3.14. The molecule has 1 amide bonds. The van der Waals surface area contributed by atoms with Gasteiger partial charge in [-0.15, -0.1) is 0 Å². The maximum atomic E-state index is 12.2. The maximum Gasteiger partial charge on any atom is 0.276 e. The monoisotopic (exact) mass is 236 g/mol. The first kappa shape index (κ1) is 11.9. The molecule has 5 heteroatoms. The molecule has 1 N–H and O–H groups in total. The van der Waals surface area contributed by atoms with Crippen molar-refractivity contribution in [2.75, 3.05) is 20.3 Å². The number of hydrogen-bond donors (Lipinski definition) is 1. The quantitative estimate of drug-likeness (QED) is 0.829. The predicted octanol–water partition coefficient (Wildman–Crippen LogP) is 1.04. The van der Waals surface area contributed by atoms with E-state index in [1.807, 2.05) is 0 Å². The third kappa shape index (κ3) is 2.74. The summed E-state index contributed by atoms with van der Waals surface area (Å²) in [5, 5.41) is 9.62. The molecule has 1 aromatic rings. The molecule has 5 nitrogen and oxygen atoms in total. The fourth-order valence-corrected chi connectivity index (χ4v) is 1.72. The lowest BCUT2D eigenvalue weighted by molar-refractivity contribution is 0.0671. The first-order chi connectivity index (χ1) is 8.24. The van der Waals surface area contributed by atoms with E-state index in [1.54, 1.807) is 18.1 Å². The molecule has 92 valence electrons. The molecule has 1 aliphatic rings. The van der Waals surface area contributed by atoms with Crippen LogP contribution in [0, 0.1) is 0 Å². The highest BCUT2D eigenvalue weighted by atomic mass is 16.5. The average molecular weight is 236 g/mol. The number of carbonyl (C=O) groups is 1. The number of nitrogens with zero attached hydrogens (tertiary/aromatic N) is 2. The number of pyridine rings is 1. The molecule has 0 saturated heterocycles. The number of carbonyl (C=O) groups excluding carboxylic acids is 1. The van der Waals surface area contributed by atoms with E-state index in [0.29, 0.717) is 13.2 Å². The summed E-state index contributed by atoms with van der Waals surface area (Å²) in [6.45, 7) is 1.03. The number of aromatic hydroxyl groups is 1. The molecular weight excluding hydrogens is 220 g/mol. The van der Waals surface area contributed by atoms with Gasteiger partial charge in [-0.3, -0.25) is 4.79 Å². The standard InChI is InChI=1S/C12H16N2O3/c1-17-8-7-14(9-4-5-9)12(16)11-10(15)3-2-6-13-11/h2-3,6,9,15H,4-5,7-8H2,1H3. The summed E-state index contributed by atoms with van der Waals surface area (Å²) < 4.78 is 4.99. The second-order valence-corrected chi connectivity index (χ2v) is 4.09. The first-order valence-electron chi connectivity index (χ1n) is 5.68. The lowest BCUT2D eigenvalue weighted by Gasteiger charge is -2.21. The number of amides is 1. The van der Waals surface area contributed by atoms with Crippen LogP contribution in [0.25, 0.3) is 0 Å². The molecule has 1 fully saturated rings. The number of hydrogen-bond acceptors (Lipinski definition) is 4. The Morgan fingerprint density at radius 2 is 2.41 bits per heavy atom. The zero-order chi connectivity index (χ0) is 12.3. The normalized spacial score (nSPS) is 14.6. The Morgan fingerprint density at radius 3 is 3.00 bits per heavy atom. The number of rotatable bonds is 5. The Hall–Kier alpha value is -1.62. The molecule has 0 aliphatic heterocycles. The van der Waals surface area contributed by atoms with Crippen molar-refractivity contribution in [1.29, 1.82) is 0 Å². The van der Waals surface area contributed by atoms with Gasteiger partial charge >= 0.3 is 0 Å². The van der Waals surface area contributed by atoms with E-state index >= 15 is 0 Å². The van der Waals surface area contributed by atoms with Crippen molar-refractivity contribution in [3.63, 3.8) is 0 Å². The van der Waals surface area contributed by atoms with Crippen molar-refractivity contribution >= 4 is 5.91 Å². The van der Waals surface area contributed by atoms with E-state index in [2.05, 4.69) is 4.98 Å². The minimum Gasteiger partial charge on any atom is -0.505 e. The number of methoxy groups -OCH3 is 1. The van der Waals surface area contributed by atoms with E-state index in [1.165, 1.54) is 12.3 Å². The molecule has 0 spiro atoms. The van der Waals surface area contributed by atoms with Crippen LogP contribution in [-0.4, -0.2) is 47.2 Å². The molecule has 1 saturated carbocycles.